The smallest absolute Gasteiger partial charge is 0.186 e. The molecule has 4 nitrogen and oxygen atoms in total. The second-order valence-corrected chi connectivity index (χ2v) is 3.28. The number of carbonyl (C=O) groups excluding carboxylic acids is 2. The van der Waals surface area contributed by atoms with Crippen molar-refractivity contribution in [3.8, 4) is 0 Å². The van der Waals surface area contributed by atoms with E-state index in [1.54, 1.807) is 30.5 Å². The highest BCUT2D eigenvalue weighted by atomic mass is 16.3. The number of nitrogens with zero attached hydrogens (tertiary/aromatic N) is 1. The number of hydrogen-bond donors (Lipinski definition) is 0. The van der Waals surface area contributed by atoms with Crippen LogP contribution in [0.15, 0.2) is 59.7 Å². The predicted octanol–water partition coefficient (Wildman–Crippen LogP) is 2.30. The Hall–Kier alpha value is -2.49. The van der Waals surface area contributed by atoms with Gasteiger partial charge in [-0.25, -0.2) is 4.98 Å². The van der Waals surface area contributed by atoms with Crippen LogP contribution in [-0.2, 0) is 0 Å². The zero-order valence-electron chi connectivity index (χ0n) is 8.87. The summed E-state index contributed by atoms with van der Waals surface area (Å²) in [7, 11) is 0. The minimum Gasteiger partial charge on any atom is -0.452 e. The van der Waals surface area contributed by atoms with Crippen LogP contribution in [0.1, 0.15) is 20.7 Å². The number of rotatable bonds is 0. The molecule has 0 unspecified atom stereocenters. The first-order valence-electron chi connectivity index (χ1n) is 4.97. The highest BCUT2D eigenvalue weighted by Crippen LogP contribution is 2.15. The highest BCUT2D eigenvalue weighted by Gasteiger charge is 2.16. The number of benzene rings is 1. The molecule has 0 saturated carbocycles. The zero-order valence-corrected chi connectivity index (χ0v) is 8.87. The van der Waals surface area contributed by atoms with E-state index in [0.29, 0.717) is 11.1 Å². The second-order valence-electron chi connectivity index (χ2n) is 3.28. The summed E-state index contributed by atoms with van der Waals surface area (Å²) in [6.45, 7) is 0. The fraction of sp³-hybridized carbons (Fsp3) is 0. The van der Waals surface area contributed by atoms with Crippen LogP contribution < -0.4 is 0 Å². The summed E-state index contributed by atoms with van der Waals surface area (Å²) < 4.78 is 4.47. The molecule has 84 valence electrons. The Kier molecular flexibility index (Phi) is 3.25. The van der Waals surface area contributed by atoms with E-state index >= 15 is 0 Å². The van der Waals surface area contributed by atoms with Crippen LogP contribution in [0.25, 0.3) is 0 Å². The SMILES string of the molecule is O=C1C=CC(=O)c2ccccc21.c1cocn1. The topological polar surface area (TPSA) is 60.2 Å². The minimum absolute atomic E-state index is 0.0924. The average Bonchev–Trinajstić information content (AvgIpc) is 2.93. The van der Waals surface area contributed by atoms with Gasteiger partial charge < -0.3 is 4.42 Å². The van der Waals surface area contributed by atoms with E-state index in [-0.39, 0.29) is 11.6 Å². The van der Waals surface area contributed by atoms with E-state index < -0.39 is 0 Å². The van der Waals surface area contributed by atoms with Crippen LogP contribution in [-0.4, -0.2) is 16.6 Å². The fourth-order valence-electron chi connectivity index (χ4n) is 1.42. The van der Waals surface area contributed by atoms with Gasteiger partial charge in [-0.2, -0.15) is 0 Å². The third-order valence-electron chi connectivity index (χ3n) is 2.19. The van der Waals surface area contributed by atoms with Crippen molar-refractivity contribution in [2.24, 2.45) is 0 Å². The number of hydrogen-bond acceptors (Lipinski definition) is 4. The molecule has 1 aliphatic carbocycles. The molecule has 4 heteroatoms. The summed E-state index contributed by atoms with van der Waals surface area (Å²) in [6, 6.07) is 6.84. The molecule has 17 heavy (non-hydrogen) atoms. The molecule has 1 aromatic carbocycles. The van der Waals surface area contributed by atoms with Gasteiger partial charge in [0.05, 0.1) is 6.20 Å². The Bertz CT molecular complexity index is 502. The van der Waals surface area contributed by atoms with Crippen LogP contribution in [0.3, 0.4) is 0 Å². The highest BCUT2D eigenvalue weighted by molar-refractivity contribution is 6.21. The lowest BCUT2D eigenvalue weighted by atomic mass is 9.95. The molecule has 0 N–H and O–H groups in total. The largest absolute Gasteiger partial charge is 0.452 e. The van der Waals surface area contributed by atoms with Crippen LogP contribution in [0, 0.1) is 0 Å². The molecular weight excluding hydrogens is 218 g/mol. The Balaban J connectivity index is 0.000000181. The molecule has 1 aliphatic rings. The number of carbonyl (C=O) groups is 2. The van der Waals surface area contributed by atoms with Gasteiger partial charge >= 0.3 is 0 Å². The standard InChI is InChI=1S/C10H6O2.C3H3NO/c11-9-5-6-10(12)8-4-2-1-3-7(8)9;1-2-5-3-4-1/h1-6H;1-3H. The molecule has 0 bridgehead atoms. The first-order valence-corrected chi connectivity index (χ1v) is 4.97. The molecule has 0 amide bonds. The van der Waals surface area contributed by atoms with E-state index in [4.69, 9.17) is 0 Å². The lowest BCUT2D eigenvalue weighted by molar-refractivity contribution is 0.0994. The van der Waals surface area contributed by atoms with Gasteiger partial charge in [-0.15, -0.1) is 0 Å². The molecular formula is C13H9NO3. The Morgan fingerprint density at radius 1 is 0.941 bits per heavy atom. The van der Waals surface area contributed by atoms with E-state index in [2.05, 4.69) is 9.40 Å². The van der Waals surface area contributed by atoms with Crippen molar-refractivity contribution in [2.75, 3.05) is 0 Å². The van der Waals surface area contributed by atoms with E-state index in [1.165, 1.54) is 24.8 Å². The maximum absolute atomic E-state index is 11.2. The normalized spacial score (nSPS) is 12.7. The van der Waals surface area contributed by atoms with Crippen molar-refractivity contribution < 1.29 is 14.0 Å². The summed E-state index contributed by atoms with van der Waals surface area (Å²) >= 11 is 0. The van der Waals surface area contributed by atoms with Crippen LogP contribution >= 0.6 is 0 Å². The molecule has 0 aliphatic heterocycles. The van der Waals surface area contributed by atoms with Gasteiger partial charge in [-0.1, -0.05) is 24.3 Å². The second kappa shape index (κ2) is 5.03. The van der Waals surface area contributed by atoms with Crippen molar-refractivity contribution in [3.05, 3.63) is 66.4 Å². The summed E-state index contributed by atoms with van der Waals surface area (Å²) in [5.41, 5.74) is 1.01. The van der Waals surface area contributed by atoms with Crippen molar-refractivity contribution in [3.63, 3.8) is 0 Å². The maximum Gasteiger partial charge on any atom is 0.186 e. The lowest BCUT2D eigenvalue weighted by Gasteiger charge is -2.06. The summed E-state index contributed by atoms with van der Waals surface area (Å²) in [4.78, 5) is 25.9. The van der Waals surface area contributed by atoms with E-state index in [9.17, 15) is 9.59 Å². The van der Waals surface area contributed by atoms with Crippen molar-refractivity contribution in [2.45, 2.75) is 0 Å². The molecule has 1 aromatic heterocycles. The van der Waals surface area contributed by atoms with Gasteiger partial charge in [-0.05, 0) is 12.2 Å². The number of allylic oxidation sites excluding steroid dienone is 2. The van der Waals surface area contributed by atoms with Gasteiger partial charge in [0.25, 0.3) is 0 Å². The van der Waals surface area contributed by atoms with Crippen LogP contribution in [0.2, 0.25) is 0 Å². The Labute approximate surface area is 97.6 Å². The van der Waals surface area contributed by atoms with Gasteiger partial charge in [0.2, 0.25) is 0 Å². The third-order valence-corrected chi connectivity index (χ3v) is 2.19. The Morgan fingerprint density at radius 2 is 1.53 bits per heavy atom. The third kappa shape index (κ3) is 2.55. The minimum atomic E-state index is -0.0924. The van der Waals surface area contributed by atoms with Gasteiger partial charge in [0.15, 0.2) is 18.0 Å². The first-order chi connectivity index (χ1) is 8.29. The number of aromatic nitrogens is 1. The van der Waals surface area contributed by atoms with Gasteiger partial charge in [-0.3, -0.25) is 9.59 Å². The van der Waals surface area contributed by atoms with Crippen molar-refractivity contribution in [1.82, 2.24) is 4.98 Å². The number of oxazole rings is 1. The average molecular weight is 227 g/mol. The van der Waals surface area contributed by atoms with Crippen molar-refractivity contribution >= 4 is 11.6 Å². The monoisotopic (exact) mass is 227 g/mol. The number of fused-ring (bicyclic) bond motifs is 1. The quantitative estimate of drug-likeness (QED) is 0.692. The summed E-state index contributed by atoms with van der Waals surface area (Å²) in [6.07, 6.45) is 7.09. The van der Waals surface area contributed by atoms with E-state index in [0.717, 1.165) is 0 Å². The van der Waals surface area contributed by atoms with Gasteiger partial charge in [0, 0.05) is 11.1 Å². The maximum atomic E-state index is 11.2. The molecule has 1 heterocycles. The molecule has 0 spiro atoms. The predicted molar refractivity (Wildman–Crippen MR) is 60.7 cm³/mol. The molecule has 0 radical (unpaired) electrons. The van der Waals surface area contributed by atoms with Crippen LogP contribution in [0.5, 0.6) is 0 Å². The first kappa shape index (κ1) is 11.0. The fourth-order valence-corrected chi connectivity index (χ4v) is 1.42. The molecule has 3 rings (SSSR count). The Morgan fingerprint density at radius 3 is 1.88 bits per heavy atom. The molecule has 0 fully saturated rings. The summed E-state index contributed by atoms with van der Waals surface area (Å²) in [5.74, 6) is -0.185. The van der Waals surface area contributed by atoms with Crippen LogP contribution in [0.4, 0.5) is 0 Å². The molecule has 0 saturated heterocycles. The molecule has 0 atom stereocenters. The van der Waals surface area contributed by atoms with Crippen molar-refractivity contribution in [1.29, 1.82) is 0 Å². The van der Waals surface area contributed by atoms with E-state index in [1.807, 2.05) is 0 Å². The number of ketones is 2. The lowest BCUT2D eigenvalue weighted by Crippen LogP contribution is -2.10. The zero-order chi connectivity index (χ0) is 12.1. The summed E-state index contributed by atoms with van der Waals surface area (Å²) in [5, 5.41) is 0. The molecule has 2 aromatic rings. The van der Waals surface area contributed by atoms with Gasteiger partial charge in [0.1, 0.15) is 6.26 Å².